The van der Waals surface area contributed by atoms with Crippen LogP contribution in [-0.2, 0) is 0 Å². The predicted molar refractivity (Wildman–Crippen MR) is 53.9 cm³/mol. The van der Waals surface area contributed by atoms with Crippen LogP contribution >= 0.6 is 0 Å². The molecule has 0 heterocycles. The van der Waals surface area contributed by atoms with E-state index in [1.54, 1.807) is 0 Å². The van der Waals surface area contributed by atoms with Crippen LogP contribution < -0.4 is 5.73 Å². The lowest BCUT2D eigenvalue weighted by atomic mass is 10.0. The highest BCUT2D eigenvalue weighted by Crippen LogP contribution is 2.31. The van der Waals surface area contributed by atoms with Gasteiger partial charge in [0.2, 0.25) is 0 Å². The third-order valence-corrected chi connectivity index (χ3v) is 2.30. The summed E-state index contributed by atoms with van der Waals surface area (Å²) in [6.07, 6.45) is 0. The first-order chi connectivity index (χ1) is 6.07. The molecular formula is C9H12N4. The second-order valence-corrected chi connectivity index (χ2v) is 3.07. The fraction of sp³-hybridized carbons (Fsp3) is 0.333. The molecular weight excluding hydrogens is 164 g/mol. The number of nitrogens with zero attached hydrogens (tertiary/aromatic N) is 3. The average molecular weight is 176 g/mol. The minimum Gasteiger partial charge on any atom is -0.398 e. The molecule has 0 amide bonds. The van der Waals surface area contributed by atoms with Crippen LogP contribution in [0.3, 0.4) is 0 Å². The molecule has 2 N–H and O–H groups in total. The molecule has 0 aliphatic heterocycles. The van der Waals surface area contributed by atoms with Gasteiger partial charge in [-0.1, -0.05) is 5.11 Å². The number of rotatable bonds is 1. The van der Waals surface area contributed by atoms with Crippen molar-refractivity contribution < 1.29 is 0 Å². The Kier molecular flexibility index (Phi) is 2.44. The number of hydrogen-bond donors (Lipinski definition) is 1. The number of hydrogen-bond acceptors (Lipinski definition) is 2. The highest BCUT2D eigenvalue weighted by Gasteiger charge is 2.06. The molecule has 4 heteroatoms. The van der Waals surface area contributed by atoms with Crippen molar-refractivity contribution in [2.45, 2.75) is 20.8 Å². The normalized spacial score (nSPS) is 9.46. The minimum absolute atomic E-state index is 0.540. The van der Waals surface area contributed by atoms with Gasteiger partial charge < -0.3 is 5.73 Å². The number of nitrogens with two attached hydrogens (primary N) is 1. The molecule has 0 aromatic heterocycles. The Morgan fingerprint density at radius 1 is 1.31 bits per heavy atom. The molecule has 0 atom stereocenters. The summed E-state index contributed by atoms with van der Waals surface area (Å²) in [4.78, 5) is 2.74. The Morgan fingerprint density at radius 3 is 2.46 bits per heavy atom. The second kappa shape index (κ2) is 3.37. The van der Waals surface area contributed by atoms with Crippen LogP contribution in [-0.4, -0.2) is 0 Å². The number of nitrogen functional groups attached to an aromatic ring is 1. The Morgan fingerprint density at radius 2 is 1.92 bits per heavy atom. The van der Waals surface area contributed by atoms with Crippen molar-refractivity contribution in [1.82, 2.24) is 0 Å². The van der Waals surface area contributed by atoms with Crippen LogP contribution in [0.4, 0.5) is 11.4 Å². The van der Waals surface area contributed by atoms with Crippen LogP contribution in [0.15, 0.2) is 11.2 Å². The van der Waals surface area contributed by atoms with Crippen LogP contribution in [0.25, 0.3) is 10.4 Å². The Balaban J connectivity index is 3.52. The highest BCUT2D eigenvalue weighted by atomic mass is 15.1. The standard InChI is InChI=1S/C9H12N4/c1-5-4-8(10)9(12-13-11)7(3)6(5)2/h4H,10H2,1-3H3. The van der Waals surface area contributed by atoms with Gasteiger partial charge in [-0.3, -0.25) is 0 Å². The fourth-order valence-electron chi connectivity index (χ4n) is 1.28. The average Bonchev–Trinajstić information content (AvgIpc) is 2.09. The van der Waals surface area contributed by atoms with Crippen LogP contribution in [0.2, 0.25) is 0 Å². The molecule has 1 rings (SSSR count). The van der Waals surface area contributed by atoms with Crippen molar-refractivity contribution >= 4 is 11.4 Å². The molecule has 0 spiro atoms. The van der Waals surface area contributed by atoms with Gasteiger partial charge in [0, 0.05) is 10.6 Å². The molecule has 13 heavy (non-hydrogen) atoms. The van der Waals surface area contributed by atoms with E-state index in [1.165, 1.54) is 0 Å². The van der Waals surface area contributed by atoms with Gasteiger partial charge in [0.15, 0.2) is 0 Å². The van der Waals surface area contributed by atoms with Gasteiger partial charge in [-0.25, -0.2) is 0 Å². The van der Waals surface area contributed by atoms with E-state index in [-0.39, 0.29) is 0 Å². The largest absolute Gasteiger partial charge is 0.398 e. The van der Waals surface area contributed by atoms with Crippen molar-refractivity contribution in [3.8, 4) is 0 Å². The third kappa shape index (κ3) is 1.58. The maximum Gasteiger partial charge on any atom is 0.0636 e. The molecule has 0 saturated carbocycles. The lowest BCUT2D eigenvalue weighted by Crippen LogP contribution is -1.93. The van der Waals surface area contributed by atoms with E-state index in [1.807, 2.05) is 26.8 Å². The van der Waals surface area contributed by atoms with E-state index in [0.717, 1.165) is 16.7 Å². The first-order valence-corrected chi connectivity index (χ1v) is 3.99. The lowest BCUT2D eigenvalue weighted by Gasteiger charge is -2.09. The van der Waals surface area contributed by atoms with Crippen molar-refractivity contribution in [2.24, 2.45) is 5.11 Å². The minimum atomic E-state index is 0.540. The van der Waals surface area contributed by atoms with E-state index >= 15 is 0 Å². The zero-order chi connectivity index (χ0) is 10.0. The number of anilines is 1. The van der Waals surface area contributed by atoms with Gasteiger partial charge >= 0.3 is 0 Å². The molecule has 0 aliphatic carbocycles. The van der Waals surface area contributed by atoms with E-state index < -0.39 is 0 Å². The number of aryl methyl sites for hydroxylation is 1. The quantitative estimate of drug-likeness (QED) is 0.303. The third-order valence-electron chi connectivity index (χ3n) is 2.30. The molecule has 4 nitrogen and oxygen atoms in total. The number of benzene rings is 1. The second-order valence-electron chi connectivity index (χ2n) is 3.07. The Labute approximate surface area is 77.0 Å². The van der Waals surface area contributed by atoms with Gasteiger partial charge in [0.25, 0.3) is 0 Å². The summed E-state index contributed by atoms with van der Waals surface area (Å²) in [6.45, 7) is 5.88. The zero-order valence-corrected chi connectivity index (χ0v) is 8.00. The summed E-state index contributed by atoms with van der Waals surface area (Å²) in [5.74, 6) is 0. The monoisotopic (exact) mass is 176 g/mol. The van der Waals surface area contributed by atoms with E-state index in [4.69, 9.17) is 11.3 Å². The van der Waals surface area contributed by atoms with Crippen LogP contribution in [0.1, 0.15) is 16.7 Å². The molecule has 0 unspecified atom stereocenters. The maximum atomic E-state index is 8.33. The molecule has 0 fully saturated rings. The summed E-state index contributed by atoms with van der Waals surface area (Å²) in [5, 5.41) is 3.56. The van der Waals surface area contributed by atoms with Crippen molar-refractivity contribution in [3.63, 3.8) is 0 Å². The Hall–Kier alpha value is -1.67. The van der Waals surface area contributed by atoms with Crippen LogP contribution in [0.5, 0.6) is 0 Å². The molecule has 0 radical (unpaired) electrons. The zero-order valence-electron chi connectivity index (χ0n) is 8.00. The van der Waals surface area contributed by atoms with E-state index in [2.05, 4.69) is 10.0 Å². The summed E-state index contributed by atoms with van der Waals surface area (Å²) in [7, 11) is 0. The SMILES string of the molecule is Cc1cc(N)c(N=[N+]=[N-])c(C)c1C. The van der Waals surface area contributed by atoms with Crippen molar-refractivity contribution in [2.75, 3.05) is 5.73 Å². The van der Waals surface area contributed by atoms with Gasteiger partial charge in [-0.05, 0) is 49.1 Å². The fourth-order valence-corrected chi connectivity index (χ4v) is 1.28. The molecule has 0 aliphatic rings. The summed E-state index contributed by atoms with van der Waals surface area (Å²) in [6, 6.07) is 1.83. The summed E-state index contributed by atoms with van der Waals surface area (Å²) < 4.78 is 0. The smallest absolute Gasteiger partial charge is 0.0636 e. The van der Waals surface area contributed by atoms with Crippen molar-refractivity contribution in [3.05, 3.63) is 33.2 Å². The molecule has 0 bridgehead atoms. The van der Waals surface area contributed by atoms with Gasteiger partial charge in [-0.15, -0.1) is 0 Å². The Bertz CT molecular complexity index is 389. The first kappa shape index (κ1) is 9.42. The molecule has 1 aromatic carbocycles. The molecule has 1 aromatic rings. The first-order valence-electron chi connectivity index (χ1n) is 3.99. The van der Waals surface area contributed by atoms with Crippen molar-refractivity contribution in [1.29, 1.82) is 0 Å². The van der Waals surface area contributed by atoms with Gasteiger partial charge in [-0.2, -0.15) is 0 Å². The van der Waals surface area contributed by atoms with Gasteiger partial charge in [0.05, 0.1) is 5.69 Å². The van der Waals surface area contributed by atoms with Crippen LogP contribution in [0, 0.1) is 20.8 Å². The topological polar surface area (TPSA) is 74.8 Å². The van der Waals surface area contributed by atoms with Gasteiger partial charge in [0.1, 0.15) is 0 Å². The highest BCUT2D eigenvalue weighted by molar-refractivity contribution is 5.69. The summed E-state index contributed by atoms with van der Waals surface area (Å²) >= 11 is 0. The summed E-state index contributed by atoms with van der Waals surface area (Å²) in [5.41, 5.74) is 18.3. The number of azide groups is 1. The lowest BCUT2D eigenvalue weighted by molar-refractivity contribution is 1.25. The predicted octanol–water partition coefficient (Wildman–Crippen LogP) is 3.14. The molecule has 68 valence electrons. The molecule has 0 saturated heterocycles. The van der Waals surface area contributed by atoms with E-state index in [9.17, 15) is 0 Å². The van der Waals surface area contributed by atoms with E-state index in [0.29, 0.717) is 11.4 Å². The maximum absolute atomic E-state index is 8.33.